The lowest BCUT2D eigenvalue weighted by atomic mass is 10.2. The van der Waals surface area contributed by atoms with Crippen LogP contribution in [0.25, 0.3) is 0 Å². The maximum atomic E-state index is 11.0. The summed E-state index contributed by atoms with van der Waals surface area (Å²) in [6, 6.07) is 0. The molecular weight excluding hydrogens is 144 g/mol. The minimum Gasteiger partial charge on any atom is -0.502 e. The van der Waals surface area contributed by atoms with E-state index in [9.17, 15) is 4.79 Å². The molecule has 0 amide bonds. The van der Waals surface area contributed by atoms with Crippen LogP contribution >= 0.6 is 0 Å². The van der Waals surface area contributed by atoms with Gasteiger partial charge in [0.05, 0.1) is 0 Å². The van der Waals surface area contributed by atoms with Crippen LogP contribution < -0.4 is 0 Å². The standard InChI is InChI=1S/C8H10O3/c1-3-4-6-8(10)7(9)5(2)11-6/h4,9H,3H2,1-2H3/b6-4-. The molecule has 0 aromatic rings. The summed E-state index contributed by atoms with van der Waals surface area (Å²) in [5.74, 6) is -0.161. The van der Waals surface area contributed by atoms with E-state index < -0.39 is 5.78 Å². The molecule has 0 spiro atoms. The smallest absolute Gasteiger partial charge is 0.265 e. The molecule has 0 saturated carbocycles. The van der Waals surface area contributed by atoms with E-state index in [4.69, 9.17) is 9.84 Å². The maximum absolute atomic E-state index is 11.0. The summed E-state index contributed by atoms with van der Waals surface area (Å²) in [7, 11) is 0. The molecule has 3 heteroatoms. The molecule has 0 fully saturated rings. The highest BCUT2D eigenvalue weighted by molar-refractivity contribution is 6.07. The molecule has 1 N–H and O–H groups in total. The Bertz CT molecular complexity index is 248. The second-order valence-corrected chi connectivity index (χ2v) is 2.31. The first-order chi connectivity index (χ1) is 5.16. The fraction of sp³-hybridized carbons (Fsp3) is 0.375. The third-order valence-electron chi connectivity index (χ3n) is 1.42. The number of carbonyl (C=O) groups is 1. The quantitative estimate of drug-likeness (QED) is 0.584. The third-order valence-corrected chi connectivity index (χ3v) is 1.42. The number of allylic oxidation sites excluding steroid dienone is 2. The topological polar surface area (TPSA) is 46.5 Å². The zero-order valence-corrected chi connectivity index (χ0v) is 6.55. The van der Waals surface area contributed by atoms with Crippen molar-refractivity contribution in [2.75, 3.05) is 0 Å². The molecule has 0 aliphatic carbocycles. The lowest BCUT2D eigenvalue weighted by Gasteiger charge is -1.94. The van der Waals surface area contributed by atoms with Gasteiger partial charge in [-0.1, -0.05) is 6.92 Å². The largest absolute Gasteiger partial charge is 0.502 e. The zero-order valence-electron chi connectivity index (χ0n) is 6.55. The number of aliphatic hydroxyl groups is 1. The molecule has 0 radical (unpaired) electrons. The van der Waals surface area contributed by atoms with Crippen LogP contribution in [0.3, 0.4) is 0 Å². The Hall–Kier alpha value is -1.25. The number of carbonyl (C=O) groups excluding carboxylic acids is 1. The average molecular weight is 154 g/mol. The van der Waals surface area contributed by atoms with Crippen LogP contribution in [0.15, 0.2) is 23.4 Å². The van der Waals surface area contributed by atoms with Gasteiger partial charge in [0.1, 0.15) is 5.76 Å². The van der Waals surface area contributed by atoms with Gasteiger partial charge in [-0.3, -0.25) is 4.79 Å². The molecule has 1 aliphatic heterocycles. The van der Waals surface area contributed by atoms with Crippen LogP contribution in [0.5, 0.6) is 0 Å². The fourth-order valence-corrected chi connectivity index (χ4v) is 0.856. The van der Waals surface area contributed by atoms with Crippen molar-refractivity contribution in [1.29, 1.82) is 0 Å². The van der Waals surface area contributed by atoms with Crippen LogP contribution in [0.1, 0.15) is 20.3 Å². The van der Waals surface area contributed by atoms with Crippen LogP contribution in [0, 0.1) is 0 Å². The van der Waals surface area contributed by atoms with Crippen molar-refractivity contribution in [3.63, 3.8) is 0 Å². The minimum atomic E-state index is -0.413. The lowest BCUT2D eigenvalue weighted by molar-refractivity contribution is -0.115. The molecule has 1 heterocycles. The van der Waals surface area contributed by atoms with Crippen LogP contribution in [0.2, 0.25) is 0 Å². The monoisotopic (exact) mass is 154 g/mol. The van der Waals surface area contributed by atoms with E-state index >= 15 is 0 Å². The van der Waals surface area contributed by atoms with Gasteiger partial charge in [0.15, 0.2) is 5.76 Å². The number of aliphatic hydroxyl groups excluding tert-OH is 1. The van der Waals surface area contributed by atoms with Crippen molar-refractivity contribution in [1.82, 2.24) is 0 Å². The highest BCUT2D eigenvalue weighted by atomic mass is 16.5. The van der Waals surface area contributed by atoms with Gasteiger partial charge in [-0.2, -0.15) is 0 Å². The molecule has 0 unspecified atom stereocenters. The first-order valence-electron chi connectivity index (χ1n) is 3.49. The highest BCUT2D eigenvalue weighted by Crippen LogP contribution is 2.22. The van der Waals surface area contributed by atoms with Crippen molar-refractivity contribution in [3.8, 4) is 0 Å². The van der Waals surface area contributed by atoms with E-state index in [1.807, 2.05) is 6.92 Å². The summed E-state index contributed by atoms with van der Waals surface area (Å²) < 4.78 is 4.97. The minimum absolute atomic E-state index is 0.238. The molecule has 11 heavy (non-hydrogen) atoms. The molecule has 0 aromatic heterocycles. The predicted molar refractivity (Wildman–Crippen MR) is 39.8 cm³/mol. The van der Waals surface area contributed by atoms with Crippen molar-refractivity contribution in [3.05, 3.63) is 23.4 Å². The molecule has 0 saturated heterocycles. The second kappa shape index (κ2) is 2.78. The zero-order chi connectivity index (χ0) is 8.43. The normalized spacial score (nSPS) is 21.3. The number of rotatable bonds is 1. The summed E-state index contributed by atoms with van der Waals surface area (Å²) in [6.07, 6.45) is 2.37. The molecule has 3 nitrogen and oxygen atoms in total. The van der Waals surface area contributed by atoms with E-state index in [0.29, 0.717) is 0 Å². The highest BCUT2D eigenvalue weighted by Gasteiger charge is 2.26. The maximum Gasteiger partial charge on any atom is 0.265 e. The molecule has 0 atom stereocenters. The Morgan fingerprint density at radius 2 is 2.27 bits per heavy atom. The fourth-order valence-electron chi connectivity index (χ4n) is 0.856. The average Bonchev–Trinajstić information content (AvgIpc) is 2.19. The summed E-state index contributed by atoms with van der Waals surface area (Å²) in [4.78, 5) is 11.0. The molecular formula is C8H10O3. The Morgan fingerprint density at radius 3 is 2.64 bits per heavy atom. The van der Waals surface area contributed by atoms with Crippen molar-refractivity contribution in [2.45, 2.75) is 20.3 Å². The summed E-state index contributed by atoms with van der Waals surface area (Å²) in [5, 5.41) is 9.03. The van der Waals surface area contributed by atoms with Crippen LogP contribution in [-0.4, -0.2) is 10.9 Å². The Morgan fingerprint density at radius 1 is 1.64 bits per heavy atom. The van der Waals surface area contributed by atoms with E-state index in [2.05, 4.69) is 0 Å². The number of hydrogen-bond acceptors (Lipinski definition) is 3. The van der Waals surface area contributed by atoms with Gasteiger partial charge in [0.25, 0.3) is 5.78 Å². The molecule has 1 rings (SSSR count). The Kier molecular flexibility index (Phi) is 1.98. The first-order valence-corrected chi connectivity index (χ1v) is 3.49. The number of ketones is 1. The van der Waals surface area contributed by atoms with Gasteiger partial charge in [0, 0.05) is 0 Å². The van der Waals surface area contributed by atoms with E-state index in [0.717, 1.165) is 6.42 Å². The van der Waals surface area contributed by atoms with Crippen LogP contribution in [-0.2, 0) is 9.53 Å². The van der Waals surface area contributed by atoms with Gasteiger partial charge >= 0.3 is 0 Å². The van der Waals surface area contributed by atoms with Crippen molar-refractivity contribution < 1.29 is 14.6 Å². The third kappa shape index (κ3) is 1.27. The SMILES string of the molecule is CC/C=C1\OC(C)=C(O)C1=O. The van der Waals surface area contributed by atoms with Crippen molar-refractivity contribution in [2.24, 2.45) is 0 Å². The number of ether oxygens (including phenoxy) is 1. The first kappa shape index (κ1) is 7.85. The van der Waals surface area contributed by atoms with Gasteiger partial charge < -0.3 is 9.84 Å². The molecule has 0 bridgehead atoms. The predicted octanol–water partition coefficient (Wildman–Crippen LogP) is 1.67. The van der Waals surface area contributed by atoms with Gasteiger partial charge in [-0.15, -0.1) is 0 Å². The Balaban J connectivity index is 2.87. The van der Waals surface area contributed by atoms with E-state index in [-0.39, 0.29) is 17.3 Å². The summed E-state index contributed by atoms with van der Waals surface area (Å²) in [6.45, 7) is 3.46. The number of Topliss-reactive ketones (excluding diaryl/α,β-unsaturated/α-hetero) is 1. The van der Waals surface area contributed by atoms with Crippen LogP contribution in [0.4, 0.5) is 0 Å². The van der Waals surface area contributed by atoms with Gasteiger partial charge in [-0.25, -0.2) is 0 Å². The molecule has 1 aliphatic rings. The van der Waals surface area contributed by atoms with Crippen molar-refractivity contribution >= 4 is 5.78 Å². The second-order valence-electron chi connectivity index (χ2n) is 2.31. The van der Waals surface area contributed by atoms with Gasteiger partial charge in [-0.05, 0) is 19.4 Å². The summed E-state index contributed by atoms with van der Waals surface area (Å²) >= 11 is 0. The Labute approximate surface area is 65.0 Å². The molecule has 0 aromatic carbocycles. The van der Waals surface area contributed by atoms with Gasteiger partial charge in [0.2, 0.25) is 5.76 Å². The summed E-state index contributed by atoms with van der Waals surface area (Å²) in [5.41, 5.74) is 0. The number of hydrogen-bond donors (Lipinski definition) is 1. The van der Waals surface area contributed by atoms with E-state index in [1.54, 1.807) is 13.0 Å². The molecule has 60 valence electrons. The lowest BCUT2D eigenvalue weighted by Crippen LogP contribution is -1.98. The van der Waals surface area contributed by atoms with E-state index in [1.165, 1.54) is 0 Å².